The molecular weight excluding hydrogens is 236 g/mol. The molecule has 0 bridgehead atoms. The Bertz CT molecular complexity index is 354. The molecule has 2 atom stereocenters. The number of carbonyl (C=O) groups is 3. The third-order valence-electron chi connectivity index (χ3n) is 3.15. The lowest BCUT2D eigenvalue weighted by molar-refractivity contribution is -0.157. The Morgan fingerprint density at radius 2 is 1.83 bits per heavy atom. The molecule has 0 aliphatic heterocycles. The minimum atomic E-state index is -0.942. The lowest BCUT2D eigenvalue weighted by Gasteiger charge is -2.36. The van der Waals surface area contributed by atoms with Crippen LogP contribution in [0.3, 0.4) is 0 Å². The summed E-state index contributed by atoms with van der Waals surface area (Å²) in [6.45, 7) is 4.14. The van der Waals surface area contributed by atoms with Gasteiger partial charge in [0.25, 0.3) is 0 Å². The van der Waals surface area contributed by atoms with Crippen molar-refractivity contribution in [2.24, 2.45) is 23.5 Å². The van der Waals surface area contributed by atoms with Crippen LogP contribution in [0, 0.1) is 17.8 Å². The van der Waals surface area contributed by atoms with Crippen molar-refractivity contribution in [1.29, 1.82) is 0 Å². The lowest BCUT2D eigenvalue weighted by atomic mass is 9.73. The molecule has 2 unspecified atom stereocenters. The normalized spacial score (nSPS) is 22.4. The van der Waals surface area contributed by atoms with E-state index < -0.39 is 23.7 Å². The van der Waals surface area contributed by atoms with Crippen LogP contribution in [0.4, 0.5) is 0 Å². The molecule has 102 valence electrons. The Labute approximate surface area is 106 Å². The summed E-state index contributed by atoms with van der Waals surface area (Å²) < 4.78 is 0. The number of amides is 2. The Morgan fingerprint density at radius 3 is 2.17 bits per heavy atom. The minimum absolute atomic E-state index is 0.139. The van der Waals surface area contributed by atoms with E-state index in [0.29, 0.717) is 19.4 Å². The van der Waals surface area contributed by atoms with E-state index in [1.54, 1.807) is 0 Å². The molecule has 0 heterocycles. The van der Waals surface area contributed by atoms with Gasteiger partial charge < -0.3 is 15.7 Å². The molecular formula is C12H20N2O4. The van der Waals surface area contributed by atoms with E-state index in [9.17, 15) is 14.4 Å². The first-order valence-corrected chi connectivity index (χ1v) is 6.12. The van der Waals surface area contributed by atoms with Crippen LogP contribution in [0.1, 0.15) is 26.7 Å². The monoisotopic (exact) mass is 256 g/mol. The molecule has 0 radical (unpaired) electrons. The molecule has 18 heavy (non-hydrogen) atoms. The number of carboxylic acid groups (broad SMARTS) is 1. The third-order valence-corrected chi connectivity index (χ3v) is 3.15. The van der Waals surface area contributed by atoms with E-state index in [1.165, 1.54) is 4.90 Å². The van der Waals surface area contributed by atoms with Gasteiger partial charge in [0, 0.05) is 6.54 Å². The molecule has 1 aliphatic carbocycles. The van der Waals surface area contributed by atoms with Crippen molar-refractivity contribution in [2.45, 2.75) is 26.7 Å². The maximum absolute atomic E-state index is 12.2. The van der Waals surface area contributed by atoms with Crippen molar-refractivity contribution in [1.82, 2.24) is 4.90 Å². The van der Waals surface area contributed by atoms with E-state index in [4.69, 9.17) is 10.8 Å². The van der Waals surface area contributed by atoms with Gasteiger partial charge in [-0.15, -0.1) is 0 Å². The molecule has 1 fully saturated rings. The summed E-state index contributed by atoms with van der Waals surface area (Å²) >= 11 is 0. The minimum Gasteiger partial charge on any atom is -0.481 e. The zero-order valence-corrected chi connectivity index (χ0v) is 10.8. The van der Waals surface area contributed by atoms with Gasteiger partial charge in [0.05, 0.1) is 18.4 Å². The fraction of sp³-hybridized carbons (Fsp3) is 0.750. The first-order chi connectivity index (χ1) is 8.32. The van der Waals surface area contributed by atoms with Crippen LogP contribution in [0.2, 0.25) is 0 Å². The number of rotatable bonds is 6. The molecule has 0 aromatic carbocycles. The molecule has 6 nitrogen and oxygen atoms in total. The fourth-order valence-corrected chi connectivity index (χ4v) is 2.19. The highest BCUT2D eigenvalue weighted by Gasteiger charge is 2.43. The number of hydrogen-bond donors (Lipinski definition) is 2. The van der Waals surface area contributed by atoms with Gasteiger partial charge in [0.2, 0.25) is 11.8 Å². The second kappa shape index (κ2) is 5.84. The summed E-state index contributed by atoms with van der Waals surface area (Å²) in [5, 5.41) is 8.94. The van der Waals surface area contributed by atoms with Crippen LogP contribution in [0.25, 0.3) is 0 Å². The second-order valence-electron chi connectivity index (χ2n) is 5.21. The number of hydrogen-bond acceptors (Lipinski definition) is 3. The summed E-state index contributed by atoms with van der Waals surface area (Å²) in [7, 11) is 0. The van der Waals surface area contributed by atoms with E-state index in [1.807, 2.05) is 13.8 Å². The number of primary amides is 1. The van der Waals surface area contributed by atoms with Gasteiger partial charge in [-0.05, 0) is 18.8 Å². The highest BCUT2D eigenvalue weighted by molar-refractivity contribution is 5.89. The van der Waals surface area contributed by atoms with Crippen molar-refractivity contribution in [3.05, 3.63) is 0 Å². The Balaban J connectivity index is 2.69. The van der Waals surface area contributed by atoms with Crippen molar-refractivity contribution in [3.8, 4) is 0 Å². The Hall–Kier alpha value is -1.59. The van der Waals surface area contributed by atoms with Crippen molar-refractivity contribution in [2.75, 3.05) is 13.1 Å². The van der Waals surface area contributed by atoms with Crippen molar-refractivity contribution in [3.63, 3.8) is 0 Å². The molecule has 1 aliphatic rings. The number of nitrogens with two attached hydrogens (primary N) is 1. The number of aliphatic carboxylic acids is 1. The zero-order chi connectivity index (χ0) is 13.9. The van der Waals surface area contributed by atoms with Crippen molar-refractivity contribution < 1.29 is 19.5 Å². The summed E-state index contributed by atoms with van der Waals surface area (Å²) in [5.41, 5.74) is 5.11. The summed E-state index contributed by atoms with van der Waals surface area (Å²) in [6.07, 6.45) is 1.10. The second-order valence-corrected chi connectivity index (χ2v) is 5.21. The van der Waals surface area contributed by atoms with Crippen LogP contribution < -0.4 is 5.73 Å². The van der Waals surface area contributed by atoms with Crippen LogP contribution in [-0.2, 0) is 14.4 Å². The molecule has 3 N–H and O–H groups in total. The van der Waals surface area contributed by atoms with Crippen LogP contribution in [0.15, 0.2) is 0 Å². The predicted molar refractivity (Wildman–Crippen MR) is 64.5 cm³/mol. The number of carboxylic acids is 1. The topological polar surface area (TPSA) is 101 Å². The molecule has 1 saturated carbocycles. The molecule has 0 saturated heterocycles. The standard InChI is InChI=1S/C12H20N2O4/c1-7(2)5-14(6-10(13)15)11(16)8-3-4-9(8)12(17)18/h7-9H,3-6H2,1-2H3,(H2,13,15)(H,17,18). The highest BCUT2D eigenvalue weighted by atomic mass is 16.4. The third kappa shape index (κ3) is 3.45. The molecule has 2 amide bonds. The van der Waals surface area contributed by atoms with Crippen LogP contribution >= 0.6 is 0 Å². The molecule has 0 spiro atoms. The quantitative estimate of drug-likeness (QED) is 0.702. The Kier molecular flexibility index (Phi) is 4.69. The summed E-state index contributed by atoms with van der Waals surface area (Å²) in [4.78, 5) is 35.4. The van der Waals surface area contributed by atoms with Gasteiger partial charge in [-0.25, -0.2) is 0 Å². The molecule has 0 aromatic rings. The average Bonchev–Trinajstić information content (AvgIpc) is 2.11. The van der Waals surface area contributed by atoms with Gasteiger partial charge >= 0.3 is 5.97 Å². The maximum Gasteiger partial charge on any atom is 0.307 e. The summed E-state index contributed by atoms with van der Waals surface area (Å²) in [5.74, 6) is -2.68. The van der Waals surface area contributed by atoms with Gasteiger partial charge in [-0.2, -0.15) is 0 Å². The average molecular weight is 256 g/mol. The Morgan fingerprint density at radius 1 is 1.28 bits per heavy atom. The number of nitrogens with zero attached hydrogens (tertiary/aromatic N) is 1. The van der Waals surface area contributed by atoms with Crippen LogP contribution in [0.5, 0.6) is 0 Å². The maximum atomic E-state index is 12.2. The lowest BCUT2D eigenvalue weighted by Crippen LogP contribution is -2.49. The highest BCUT2D eigenvalue weighted by Crippen LogP contribution is 2.35. The molecule has 1 rings (SSSR count). The van der Waals surface area contributed by atoms with Gasteiger partial charge in [-0.3, -0.25) is 14.4 Å². The first kappa shape index (κ1) is 14.5. The van der Waals surface area contributed by atoms with E-state index in [2.05, 4.69) is 0 Å². The fourth-order valence-electron chi connectivity index (χ4n) is 2.19. The summed E-state index contributed by atoms with van der Waals surface area (Å²) in [6, 6.07) is 0. The SMILES string of the molecule is CC(C)CN(CC(N)=O)C(=O)C1CCC1C(=O)O. The van der Waals surface area contributed by atoms with Gasteiger partial charge in [0.15, 0.2) is 0 Å². The van der Waals surface area contributed by atoms with Crippen molar-refractivity contribution >= 4 is 17.8 Å². The molecule has 0 aromatic heterocycles. The van der Waals surface area contributed by atoms with Gasteiger partial charge in [-0.1, -0.05) is 13.8 Å². The van der Waals surface area contributed by atoms with E-state index in [0.717, 1.165) is 0 Å². The van der Waals surface area contributed by atoms with E-state index in [-0.39, 0.29) is 18.4 Å². The largest absolute Gasteiger partial charge is 0.481 e. The number of carbonyl (C=O) groups excluding carboxylic acids is 2. The molecule has 6 heteroatoms. The van der Waals surface area contributed by atoms with Crippen LogP contribution in [-0.4, -0.2) is 40.9 Å². The zero-order valence-electron chi connectivity index (χ0n) is 10.8. The smallest absolute Gasteiger partial charge is 0.307 e. The first-order valence-electron chi connectivity index (χ1n) is 6.12. The predicted octanol–water partition coefficient (Wildman–Crippen LogP) is 0.0671. The van der Waals surface area contributed by atoms with Gasteiger partial charge in [0.1, 0.15) is 0 Å². The van der Waals surface area contributed by atoms with E-state index >= 15 is 0 Å².